The van der Waals surface area contributed by atoms with Crippen molar-refractivity contribution in [3.05, 3.63) is 23.4 Å². The number of hydrogen-bond acceptors (Lipinski definition) is 6. The summed E-state index contributed by atoms with van der Waals surface area (Å²) in [4.78, 5) is 18.4. The minimum Gasteiger partial charge on any atom is -0.383 e. The number of hydrogen-bond donors (Lipinski definition) is 2. The SMILES string of the molecule is COCCN(CCCCc1ccc2c(n1)NCCC2)CC[C@H](N)C(C)=O. The maximum absolute atomic E-state index is 11.3. The summed E-state index contributed by atoms with van der Waals surface area (Å²) in [5.41, 5.74) is 8.37. The number of unbranched alkanes of at least 4 members (excludes halogenated alkanes) is 1. The summed E-state index contributed by atoms with van der Waals surface area (Å²) in [5.74, 6) is 1.14. The predicted octanol–water partition coefficient (Wildman–Crippen LogP) is 2.02. The van der Waals surface area contributed by atoms with Crippen LogP contribution >= 0.6 is 0 Å². The molecule has 0 saturated carbocycles. The lowest BCUT2D eigenvalue weighted by Crippen LogP contribution is -2.36. The molecule has 1 aliphatic rings. The third kappa shape index (κ3) is 7.02. The highest BCUT2D eigenvalue weighted by Crippen LogP contribution is 2.20. The van der Waals surface area contributed by atoms with Gasteiger partial charge in [0.2, 0.25) is 0 Å². The second-order valence-electron chi connectivity index (χ2n) is 7.14. The first-order valence-electron chi connectivity index (χ1n) is 9.80. The highest BCUT2D eigenvalue weighted by atomic mass is 16.5. The summed E-state index contributed by atoms with van der Waals surface area (Å²) in [7, 11) is 1.72. The molecule has 6 heteroatoms. The number of carbonyl (C=O) groups excluding carboxylic acids is 1. The Hall–Kier alpha value is -1.50. The Bertz CT molecular complexity index is 565. The fraction of sp³-hybridized carbons (Fsp3) is 0.700. The number of nitrogens with two attached hydrogens (primary N) is 1. The Morgan fingerprint density at radius 2 is 2.19 bits per heavy atom. The van der Waals surface area contributed by atoms with E-state index in [1.807, 2.05) is 0 Å². The fourth-order valence-electron chi connectivity index (χ4n) is 3.23. The molecule has 146 valence electrons. The average Bonchev–Trinajstić information content (AvgIpc) is 2.66. The van der Waals surface area contributed by atoms with Gasteiger partial charge in [0.25, 0.3) is 0 Å². The van der Waals surface area contributed by atoms with E-state index >= 15 is 0 Å². The van der Waals surface area contributed by atoms with E-state index in [1.54, 1.807) is 14.0 Å². The molecule has 1 aromatic heterocycles. The van der Waals surface area contributed by atoms with Gasteiger partial charge in [0.1, 0.15) is 11.6 Å². The van der Waals surface area contributed by atoms with Crippen molar-refractivity contribution >= 4 is 11.6 Å². The Balaban J connectivity index is 1.73. The zero-order chi connectivity index (χ0) is 18.8. The summed E-state index contributed by atoms with van der Waals surface area (Å²) in [6, 6.07) is 4.03. The molecule has 1 atom stereocenters. The number of aryl methyl sites for hydroxylation is 2. The molecule has 0 radical (unpaired) electrons. The number of carbonyl (C=O) groups is 1. The summed E-state index contributed by atoms with van der Waals surface area (Å²) < 4.78 is 5.20. The standard InChI is InChI=1S/C20H34N4O2/c1-16(25)19(21)10-13-24(14-15-26-2)12-4-3-7-18-9-8-17-6-5-11-22-20(17)23-18/h8-9,19H,3-7,10-15,21H2,1-2H3,(H,22,23)/t19-/m0/s1. The predicted molar refractivity (Wildman–Crippen MR) is 106 cm³/mol. The van der Waals surface area contributed by atoms with E-state index in [2.05, 4.69) is 22.3 Å². The Morgan fingerprint density at radius 1 is 1.35 bits per heavy atom. The van der Waals surface area contributed by atoms with E-state index in [1.165, 1.54) is 17.7 Å². The number of rotatable bonds is 12. The van der Waals surface area contributed by atoms with Gasteiger partial charge in [0, 0.05) is 32.4 Å². The minimum absolute atomic E-state index is 0.0591. The van der Waals surface area contributed by atoms with Crippen molar-refractivity contribution in [3.8, 4) is 0 Å². The molecular formula is C20H34N4O2. The van der Waals surface area contributed by atoms with Gasteiger partial charge in [-0.1, -0.05) is 6.07 Å². The van der Waals surface area contributed by atoms with Crippen molar-refractivity contribution < 1.29 is 9.53 Å². The molecule has 0 aliphatic carbocycles. The van der Waals surface area contributed by atoms with Gasteiger partial charge in [0.15, 0.2) is 0 Å². The van der Waals surface area contributed by atoms with Crippen LogP contribution < -0.4 is 11.1 Å². The second-order valence-corrected chi connectivity index (χ2v) is 7.14. The zero-order valence-electron chi connectivity index (χ0n) is 16.3. The smallest absolute Gasteiger partial charge is 0.146 e. The average molecular weight is 363 g/mol. The normalized spacial score (nSPS) is 14.8. The number of anilines is 1. The molecule has 0 aromatic carbocycles. The van der Waals surface area contributed by atoms with E-state index in [0.717, 1.165) is 57.7 Å². The van der Waals surface area contributed by atoms with Crippen molar-refractivity contribution in [2.24, 2.45) is 5.73 Å². The van der Waals surface area contributed by atoms with Crippen LogP contribution in [0.3, 0.4) is 0 Å². The third-order valence-corrected chi connectivity index (χ3v) is 5.00. The molecule has 0 saturated heterocycles. The topological polar surface area (TPSA) is 80.5 Å². The van der Waals surface area contributed by atoms with Crippen LogP contribution in [0.1, 0.15) is 43.9 Å². The molecule has 2 heterocycles. The van der Waals surface area contributed by atoms with Crippen LogP contribution in [0.2, 0.25) is 0 Å². The summed E-state index contributed by atoms with van der Waals surface area (Å²) >= 11 is 0. The van der Waals surface area contributed by atoms with Gasteiger partial charge in [-0.05, 0) is 63.6 Å². The first-order chi connectivity index (χ1) is 12.6. The number of ketones is 1. The molecule has 1 aliphatic heterocycles. The molecule has 0 amide bonds. The van der Waals surface area contributed by atoms with Crippen LogP contribution in [-0.2, 0) is 22.4 Å². The maximum atomic E-state index is 11.3. The molecule has 0 fully saturated rings. The molecule has 0 spiro atoms. The van der Waals surface area contributed by atoms with Crippen molar-refractivity contribution in [1.82, 2.24) is 9.88 Å². The van der Waals surface area contributed by atoms with Crippen molar-refractivity contribution in [2.45, 2.75) is 51.5 Å². The highest BCUT2D eigenvalue weighted by molar-refractivity contribution is 5.81. The molecular weight excluding hydrogens is 328 g/mol. The van der Waals surface area contributed by atoms with Crippen LogP contribution in [0.5, 0.6) is 0 Å². The van der Waals surface area contributed by atoms with E-state index in [4.69, 9.17) is 15.5 Å². The van der Waals surface area contributed by atoms with Crippen LogP contribution in [0.15, 0.2) is 12.1 Å². The fourth-order valence-corrected chi connectivity index (χ4v) is 3.23. The van der Waals surface area contributed by atoms with Gasteiger partial charge in [-0.15, -0.1) is 0 Å². The zero-order valence-corrected chi connectivity index (χ0v) is 16.3. The molecule has 0 unspecified atom stereocenters. The van der Waals surface area contributed by atoms with Gasteiger partial charge in [-0.3, -0.25) is 4.79 Å². The van der Waals surface area contributed by atoms with Gasteiger partial charge in [-0.2, -0.15) is 0 Å². The van der Waals surface area contributed by atoms with Gasteiger partial charge >= 0.3 is 0 Å². The summed E-state index contributed by atoms with van der Waals surface area (Å²) in [6.07, 6.45) is 6.24. The number of nitrogens with zero attached hydrogens (tertiary/aromatic N) is 2. The van der Waals surface area contributed by atoms with Crippen molar-refractivity contribution in [1.29, 1.82) is 0 Å². The maximum Gasteiger partial charge on any atom is 0.146 e. The van der Waals surface area contributed by atoms with Gasteiger partial charge in [0.05, 0.1) is 12.6 Å². The van der Waals surface area contributed by atoms with Crippen LogP contribution in [-0.4, -0.2) is 61.6 Å². The molecule has 26 heavy (non-hydrogen) atoms. The van der Waals surface area contributed by atoms with Crippen LogP contribution in [0.25, 0.3) is 0 Å². The van der Waals surface area contributed by atoms with Crippen LogP contribution in [0, 0.1) is 0 Å². The number of fused-ring (bicyclic) bond motifs is 1. The van der Waals surface area contributed by atoms with Crippen LogP contribution in [0.4, 0.5) is 5.82 Å². The lowest BCUT2D eigenvalue weighted by molar-refractivity contribution is -0.118. The Morgan fingerprint density at radius 3 is 2.96 bits per heavy atom. The van der Waals surface area contributed by atoms with E-state index in [9.17, 15) is 4.79 Å². The summed E-state index contributed by atoms with van der Waals surface area (Å²) in [6.45, 7) is 6.00. The lowest BCUT2D eigenvalue weighted by atomic mass is 10.1. The number of Topliss-reactive ketones (excluding diaryl/α,β-unsaturated/α-hetero) is 1. The van der Waals surface area contributed by atoms with Crippen molar-refractivity contribution in [3.63, 3.8) is 0 Å². The molecule has 1 aromatic rings. The number of aromatic nitrogens is 1. The van der Waals surface area contributed by atoms with Crippen molar-refractivity contribution in [2.75, 3.05) is 45.2 Å². The summed E-state index contributed by atoms with van der Waals surface area (Å²) in [5, 5.41) is 3.40. The third-order valence-electron chi connectivity index (χ3n) is 5.00. The van der Waals surface area contributed by atoms with Gasteiger partial charge in [-0.25, -0.2) is 4.98 Å². The first kappa shape index (κ1) is 20.8. The quantitative estimate of drug-likeness (QED) is 0.554. The monoisotopic (exact) mass is 362 g/mol. The van der Waals surface area contributed by atoms with E-state index in [-0.39, 0.29) is 11.8 Å². The highest BCUT2D eigenvalue weighted by Gasteiger charge is 2.12. The first-order valence-corrected chi connectivity index (χ1v) is 9.80. The molecule has 0 bridgehead atoms. The Kier molecular flexibility index (Phi) is 9.01. The minimum atomic E-state index is -0.354. The number of nitrogens with one attached hydrogen (secondary N) is 1. The Labute approximate surface area is 157 Å². The van der Waals surface area contributed by atoms with E-state index in [0.29, 0.717) is 13.0 Å². The molecule has 2 rings (SSSR count). The number of methoxy groups -OCH3 is 1. The lowest BCUT2D eigenvalue weighted by Gasteiger charge is -2.23. The second kappa shape index (κ2) is 11.3. The number of ether oxygens (including phenoxy) is 1. The van der Waals surface area contributed by atoms with E-state index < -0.39 is 0 Å². The largest absolute Gasteiger partial charge is 0.383 e. The molecule has 6 nitrogen and oxygen atoms in total. The molecule has 3 N–H and O–H groups in total. The van der Waals surface area contributed by atoms with Gasteiger partial charge < -0.3 is 20.7 Å². The number of pyridine rings is 1.